The molecule has 0 saturated heterocycles. The van der Waals surface area contributed by atoms with Gasteiger partial charge in [-0.1, -0.05) is 18.2 Å². The van der Waals surface area contributed by atoms with E-state index in [1.807, 2.05) is 18.2 Å². The Kier molecular flexibility index (Phi) is 5.13. The van der Waals surface area contributed by atoms with Crippen LogP contribution in [0.15, 0.2) is 42.9 Å². The molecule has 8 nitrogen and oxygen atoms in total. The Labute approximate surface area is 198 Å². The predicted molar refractivity (Wildman–Crippen MR) is 127 cm³/mol. The van der Waals surface area contributed by atoms with Crippen LogP contribution in [0.2, 0.25) is 0 Å². The monoisotopic (exact) mass is 458 g/mol. The molecule has 4 bridgehead atoms. The third-order valence-electron chi connectivity index (χ3n) is 8.30. The van der Waals surface area contributed by atoms with Crippen molar-refractivity contribution in [3.05, 3.63) is 59.8 Å². The molecule has 34 heavy (non-hydrogen) atoms. The van der Waals surface area contributed by atoms with Gasteiger partial charge in [-0.2, -0.15) is 0 Å². The highest BCUT2D eigenvalue weighted by Gasteiger charge is 2.52. The van der Waals surface area contributed by atoms with E-state index in [4.69, 9.17) is 10.8 Å². The van der Waals surface area contributed by atoms with Gasteiger partial charge in [-0.25, -0.2) is 15.8 Å². The van der Waals surface area contributed by atoms with Gasteiger partial charge in [-0.15, -0.1) is 0 Å². The Bertz CT molecular complexity index is 1200. The Morgan fingerprint density at radius 1 is 1.12 bits per heavy atom. The molecule has 4 aliphatic rings. The van der Waals surface area contributed by atoms with E-state index in [0.29, 0.717) is 5.69 Å². The molecule has 4 saturated carbocycles. The van der Waals surface area contributed by atoms with Gasteiger partial charge >= 0.3 is 0 Å². The summed E-state index contributed by atoms with van der Waals surface area (Å²) in [5.74, 6) is 6.94. The number of hydrogen-bond acceptors (Lipinski definition) is 5. The van der Waals surface area contributed by atoms with Crippen molar-refractivity contribution < 1.29 is 9.59 Å². The zero-order chi connectivity index (χ0) is 23.3. The lowest BCUT2D eigenvalue weighted by Gasteiger charge is -2.57. The molecule has 1 atom stereocenters. The second kappa shape index (κ2) is 8.20. The minimum Gasteiger partial charge on any atom is -0.348 e. The van der Waals surface area contributed by atoms with Gasteiger partial charge in [0.15, 0.2) is 0 Å². The fraction of sp³-hybridized carbons (Fsp3) is 0.462. The number of nitrogens with zero attached hydrogens (tertiary/aromatic N) is 2. The summed E-state index contributed by atoms with van der Waals surface area (Å²) in [6, 6.07) is 9.29. The largest absolute Gasteiger partial charge is 0.348 e. The number of hydrazine groups is 1. The van der Waals surface area contributed by atoms with Gasteiger partial charge in [-0.3, -0.25) is 15.0 Å². The fourth-order valence-corrected chi connectivity index (χ4v) is 7.33. The molecule has 2 heterocycles. The third-order valence-corrected chi connectivity index (χ3v) is 8.30. The van der Waals surface area contributed by atoms with Crippen molar-refractivity contribution in [3.8, 4) is 0 Å². The van der Waals surface area contributed by atoms with Crippen LogP contribution in [0.1, 0.15) is 60.3 Å². The van der Waals surface area contributed by atoms with E-state index in [9.17, 15) is 9.59 Å². The lowest BCUT2D eigenvalue weighted by atomic mass is 9.48. The summed E-state index contributed by atoms with van der Waals surface area (Å²) in [6.45, 7) is 0. The van der Waals surface area contributed by atoms with Crippen molar-refractivity contribution in [2.75, 3.05) is 0 Å². The second-order valence-corrected chi connectivity index (χ2v) is 10.6. The van der Waals surface area contributed by atoms with Crippen LogP contribution in [0.5, 0.6) is 0 Å². The lowest BCUT2D eigenvalue weighted by Crippen LogP contribution is -2.50. The Balaban J connectivity index is 1.36. The van der Waals surface area contributed by atoms with E-state index in [2.05, 4.69) is 32.8 Å². The summed E-state index contributed by atoms with van der Waals surface area (Å²) in [5, 5.41) is 3.99. The molecule has 3 aromatic rings. The number of aromatic nitrogens is 3. The normalized spacial score (nSPS) is 28.1. The van der Waals surface area contributed by atoms with Gasteiger partial charge in [0.05, 0.1) is 11.8 Å². The van der Waals surface area contributed by atoms with Crippen LogP contribution in [0.25, 0.3) is 10.9 Å². The van der Waals surface area contributed by atoms with Gasteiger partial charge in [0, 0.05) is 23.7 Å². The van der Waals surface area contributed by atoms with Gasteiger partial charge in [0.25, 0.3) is 11.8 Å². The number of nitrogens with one attached hydrogen (secondary N) is 3. The Morgan fingerprint density at radius 2 is 1.82 bits per heavy atom. The number of nitrogens with two attached hydrogens (primary N) is 1. The average Bonchev–Trinajstić information content (AvgIpc) is 3.34. The first kappa shape index (κ1) is 21.3. The van der Waals surface area contributed by atoms with Crippen LogP contribution >= 0.6 is 0 Å². The predicted octanol–water partition coefficient (Wildman–Crippen LogP) is 2.76. The van der Waals surface area contributed by atoms with Crippen molar-refractivity contribution in [2.24, 2.45) is 23.6 Å². The molecule has 0 radical (unpaired) electrons. The lowest BCUT2D eigenvalue weighted by molar-refractivity contribution is -0.123. The molecule has 1 aromatic carbocycles. The second-order valence-electron chi connectivity index (χ2n) is 10.6. The number of carbonyl (C=O) groups is 2. The first-order valence-corrected chi connectivity index (χ1v) is 12.2. The van der Waals surface area contributed by atoms with E-state index >= 15 is 0 Å². The van der Waals surface area contributed by atoms with Gasteiger partial charge in [0.1, 0.15) is 11.7 Å². The van der Waals surface area contributed by atoms with Gasteiger partial charge in [-0.05, 0) is 79.4 Å². The summed E-state index contributed by atoms with van der Waals surface area (Å²) >= 11 is 0. The maximum atomic E-state index is 13.4. The molecule has 176 valence electrons. The number of fused-ring (bicyclic) bond motifs is 1. The molecule has 2 amide bonds. The Hall–Kier alpha value is -3.26. The number of pyridine rings is 1. The Morgan fingerprint density at radius 3 is 2.47 bits per heavy atom. The zero-order valence-corrected chi connectivity index (χ0v) is 19.1. The van der Waals surface area contributed by atoms with Crippen molar-refractivity contribution >= 4 is 22.7 Å². The highest BCUT2D eigenvalue weighted by Crippen LogP contribution is 2.61. The van der Waals surface area contributed by atoms with Gasteiger partial charge in [0.2, 0.25) is 0 Å². The van der Waals surface area contributed by atoms with E-state index in [1.165, 1.54) is 50.4 Å². The maximum Gasteiger partial charge on any atom is 0.270 e. The highest BCUT2D eigenvalue weighted by atomic mass is 16.2. The quantitative estimate of drug-likeness (QED) is 0.257. The van der Waals surface area contributed by atoms with Crippen molar-refractivity contribution in [2.45, 2.75) is 56.4 Å². The van der Waals surface area contributed by atoms with Gasteiger partial charge < -0.3 is 10.3 Å². The highest BCUT2D eigenvalue weighted by molar-refractivity contribution is 5.98. The number of amides is 2. The average molecular weight is 459 g/mol. The summed E-state index contributed by atoms with van der Waals surface area (Å²) in [6.07, 6.45) is 11.1. The summed E-state index contributed by atoms with van der Waals surface area (Å²) in [4.78, 5) is 37.5. The molecule has 0 spiro atoms. The fourth-order valence-electron chi connectivity index (χ4n) is 7.33. The van der Waals surface area contributed by atoms with Crippen molar-refractivity contribution in [1.29, 1.82) is 0 Å². The number of rotatable bonds is 6. The summed E-state index contributed by atoms with van der Waals surface area (Å²) < 4.78 is 0. The van der Waals surface area contributed by atoms with E-state index < -0.39 is 11.9 Å². The number of imidazole rings is 1. The molecule has 0 aliphatic heterocycles. The molecule has 4 fully saturated rings. The summed E-state index contributed by atoms with van der Waals surface area (Å²) in [7, 11) is 0. The number of H-pyrrole nitrogens is 1. The van der Waals surface area contributed by atoms with Crippen molar-refractivity contribution in [3.63, 3.8) is 0 Å². The maximum absolute atomic E-state index is 13.4. The number of hydrogen-bond donors (Lipinski definition) is 4. The first-order chi connectivity index (χ1) is 16.5. The SMILES string of the molecule is NNC(=O)[C@H](Cc1cnc[nH]1)NC(=O)c1cc(C23CC4CC(CC(C4)C2)C3)c2ccccc2n1. The smallest absolute Gasteiger partial charge is 0.270 e. The third kappa shape index (κ3) is 3.66. The number of benzene rings is 1. The van der Waals surface area contributed by atoms with E-state index in [1.54, 1.807) is 6.20 Å². The number of aromatic amines is 1. The standard InChI is InChI=1S/C26H30N6O2/c27-32-25(34)22(8-18-13-28-14-29-18)31-24(33)23-9-20(19-3-1-2-4-21(19)30-23)26-10-15-5-16(11-26)7-17(6-15)12-26/h1-4,9,13-17,22H,5-8,10-12,27H2,(H,28,29)(H,31,33)(H,32,34)/t15?,16?,17?,22-,26?/m0/s1. The minimum atomic E-state index is -0.839. The van der Waals surface area contributed by atoms with Crippen LogP contribution in [0, 0.1) is 17.8 Å². The molecule has 8 heteroatoms. The zero-order valence-electron chi connectivity index (χ0n) is 19.1. The number of carbonyl (C=O) groups excluding carboxylic acids is 2. The molecular weight excluding hydrogens is 428 g/mol. The molecule has 7 rings (SSSR count). The molecule has 2 aromatic heterocycles. The van der Waals surface area contributed by atoms with E-state index in [-0.39, 0.29) is 17.7 Å². The van der Waals surface area contributed by atoms with Crippen LogP contribution in [0.3, 0.4) is 0 Å². The number of para-hydroxylation sites is 1. The molecular formula is C26H30N6O2. The topological polar surface area (TPSA) is 126 Å². The van der Waals surface area contributed by atoms with E-state index in [0.717, 1.165) is 34.4 Å². The van der Waals surface area contributed by atoms with Crippen LogP contribution in [0.4, 0.5) is 0 Å². The summed E-state index contributed by atoms with van der Waals surface area (Å²) in [5.41, 5.74) is 5.45. The van der Waals surface area contributed by atoms with Crippen LogP contribution < -0.4 is 16.6 Å². The van der Waals surface area contributed by atoms with Crippen molar-refractivity contribution in [1.82, 2.24) is 25.7 Å². The van der Waals surface area contributed by atoms with Crippen LogP contribution in [-0.4, -0.2) is 32.8 Å². The molecule has 0 unspecified atom stereocenters. The molecule has 5 N–H and O–H groups in total. The minimum absolute atomic E-state index is 0.121. The molecule has 4 aliphatic carbocycles. The van der Waals surface area contributed by atoms with Crippen LogP contribution in [-0.2, 0) is 16.6 Å². The first-order valence-electron chi connectivity index (χ1n) is 12.2.